The summed E-state index contributed by atoms with van der Waals surface area (Å²) in [6, 6.07) is 6.15. The van der Waals surface area contributed by atoms with Crippen LogP contribution < -0.4 is 4.74 Å². The van der Waals surface area contributed by atoms with Crippen LogP contribution in [0.25, 0.3) is 0 Å². The van der Waals surface area contributed by atoms with Crippen molar-refractivity contribution in [1.29, 1.82) is 0 Å². The molecule has 2 aliphatic rings. The van der Waals surface area contributed by atoms with Gasteiger partial charge in [0.15, 0.2) is 11.0 Å². The fourth-order valence-corrected chi connectivity index (χ4v) is 4.48. The zero-order valence-corrected chi connectivity index (χ0v) is 16.3. The molecule has 0 N–H and O–H groups in total. The minimum atomic E-state index is 0.0266. The minimum Gasteiger partial charge on any atom is -0.490 e. The number of hydrogen-bond donors (Lipinski definition) is 0. The summed E-state index contributed by atoms with van der Waals surface area (Å²) in [4.78, 5) is 15.0. The maximum Gasteiger partial charge on any atom is 0.227 e. The first-order valence-corrected chi connectivity index (χ1v) is 10.3. The lowest BCUT2D eigenvalue weighted by Crippen LogP contribution is -2.33. The fraction of sp³-hybridized carbons (Fsp3) is 0.526. The van der Waals surface area contributed by atoms with Crippen LogP contribution in [-0.2, 0) is 24.7 Å². The standard InChI is InChI=1S/C19H24N4O2S/c1-12-9-14-10-13(6-7-16(14)25-12)11-17(24)23-8-4-5-15(23)18-20-21-19(26-3)22(18)2/h6-7,10,12,15H,4-5,8-9,11H2,1-3H3. The van der Waals surface area contributed by atoms with Gasteiger partial charge >= 0.3 is 0 Å². The van der Waals surface area contributed by atoms with E-state index < -0.39 is 0 Å². The minimum absolute atomic E-state index is 0.0266. The monoisotopic (exact) mass is 372 g/mol. The average molecular weight is 372 g/mol. The number of benzene rings is 1. The Morgan fingerprint density at radius 2 is 2.23 bits per heavy atom. The van der Waals surface area contributed by atoms with Crippen LogP contribution in [-0.4, -0.2) is 44.5 Å². The Bertz CT molecular complexity index is 835. The molecule has 0 aliphatic carbocycles. The van der Waals surface area contributed by atoms with Crippen LogP contribution in [0.4, 0.5) is 0 Å². The largest absolute Gasteiger partial charge is 0.490 e. The second-order valence-corrected chi connectivity index (χ2v) is 7.87. The van der Waals surface area contributed by atoms with E-state index in [2.05, 4.69) is 23.2 Å². The van der Waals surface area contributed by atoms with Gasteiger partial charge in [0, 0.05) is 20.0 Å². The quantitative estimate of drug-likeness (QED) is 0.773. The number of fused-ring (bicyclic) bond motifs is 1. The van der Waals surface area contributed by atoms with Gasteiger partial charge in [-0.1, -0.05) is 23.9 Å². The van der Waals surface area contributed by atoms with Gasteiger partial charge in [0.25, 0.3) is 0 Å². The summed E-state index contributed by atoms with van der Waals surface area (Å²) in [5, 5.41) is 9.45. The highest BCUT2D eigenvalue weighted by atomic mass is 32.2. The molecule has 1 saturated heterocycles. The highest BCUT2D eigenvalue weighted by molar-refractivity contribution is 7.98. The van der Waals surface area contributed by atoms with Crippen LogP contribution >= 0.6 is 11.8 Å². The first-order chi connectivity index (χ1) is 12.6. The van der Waals surface area contributed by atoms with Gasteiger partial charge in [-0.2, -0.15) is 0 Å². The number of likely N-dealkylation sites (tertiary alicyclic amines) is 1. The molecule has 4 rings (SSSR count). The Kier molecular flexibility index (Phi) is 4.65. The number of ether oxygens (including phenoxy) is 1. The number of rotatable bonds is 4. The van der Waals surface area contributed by atoms with E-state index in [0.29, 0.717) is 6.42 Å². The van der Waals surface area contributed by atoms with Crippen LogP contribution in [0, 0.1) is 0 Å². The van der Waals surface area contributed by atoms with Gasteiger partial charge in [-0.25, -0.2) is 0 Å². The molecule has 6 nitrogen and oxygen atoms in total. The van der Waals surface area contributed by atoms with E-state index in [1.165, 1.54) is 5.56 Å². The lowest BCUT2D eigenvalue weighted by Gasteiger charge is -2.24. The summed E-state index contributed by atoms with van der Waals surface area (Å²) in [7, 11) is 1.98. The van der Waals surface area contributed by atoms with E-state index in [-0.39, 0.29) is 18.1 Å². The Morgan fingerprint density at radius 3 is 3.00 bits per heavy atom. The Morgan fingerprint density at radius 1 is 1.38 bits per heavy atom. The van der Waals surface area contributed by atoms with Crippen molar-refractivity contribution in [1.82, 2.24) is 19.7 Å². The topological polar surface area (TPSA) is 60.3 Å². The third-order valence-electron chi connectivity index (χ3n) is 5.24. The lowest BCUT2D eigenvalue weighted by molar-refractivity contribution is -0.131. The fourth-order valence-electron chi connectivity index (χ4n) is 3.99. The molecule has 1 fully saturated rings. The predicted molar refractivity (Wildman–Crippen MR) is 100 cm³/mol. The molecule has 1 amide bonds. The molecule has 1 aromatic carbocycles. The summed E-state index contributed by atoms with van der Waals surface area (Å²) in [5.41, 5.74) is 2.26. The molecule has 26 heavy (non-hydrogen) atoms. The van der Waals surface area contributed by atoms with Crippen LogP contribution in [0.5, 0.6) is 5.75 Å². The summed E-state index contributed by atoms with van der Waals surface area (Å²) < 4.78 is 7.76. The smallest absolute Gasteiger partial charge is 0.227 e. The van der Waals surface area contributed by atoms with Crippen LogP contribution in [0.1, 0.15) is 42.8 Å². The highest BCUT2D eigenvalue weighted by Crippen LogP contribution is 2.33. The van der Waals surface area contributed by atoms with Gasteiger partial charge in [0.2, 0.25) is 5.91 Å². The van der Waals surface area contributed by atoms with Crippen molar-refractivity contribution < 1.29 is 9.53 Å². The van der Waals surface area contributed by atoms with Crippen LogP contribution in [0.15, 0.2) is 23.4 Å². The van der Waals surface area contributed by atoms with Crippen molar-refractivity contribution in [2.24, 2.45) is 7.05 Å². The molecular formula is C19H24N4O2S. The number of amides is 1. The molecule has 2 atom stereocenters. The second kappa shape index (κ2) is 6.95. The van der Waals surface area contributed by atoms with Gasteiger partial charge in [0.1, 0.15) is 11.9 Å². The maximum absolute atomic E-state index is 13.0. The third-order valence-corrected chi connectivity index (χ3v) is 5.96. The molecular weight excluding hydrogens is 348 g/mol. The van der Waals surface area contributed by atoms with Crippen molar-refractivity contribution in [3.05, 3.63) is 35.2 Å². The molecule has 0 saturated carbocycles. The van der Waals surface area contributed by atoms with Gasteiger partial charge in [-0.3, -0.25) is 4.79 Å². The number of hydrogen-bond acceptors (Lipinski definition) is 5. The number of carbonyl (C=O) groups is 1. The van der Waals surface area contributed by atoms with E-state index in [9.17, 15) is 4.79 Å². The SMILES string of the molecule is CSc1nnc(C2CCCN2C(=O)Cc2ccc3c(c2)CC(C)O3)n1C. The van der Waals surface area contributed by atoms with Gasteiger partial charge in [0.05, 0.1) is 12.5 Å². The molecule has 1 aromatic heterocycles. The number of thioether (sulfide) groups is 1. The summed E-state index contributed by atoms with van der Waals surface area (Å²) in [5.74, 6) is 2.00. The Labute approximate surface area is 157 Å². The molecule has 2 aromatic rings. The molecule has 0 bridgehead atoms. The number of aromatic nitrogens is 3. The second-order valence-electron chi connectivity index (χ2n) is 7.10. The molecule has 3 heterocycles. The number of carbonyl (C=O) groups excluding carboxylic acids is 1. The molecule has 0 spiro atoms. The molecule has 2 unspecified atom stereocenters. The first kappa shape index (κ1) is 17.4. The van der Waals surface area contributed by atoms with Crippen LogP contribution in [0.2, 0.25) is 0 Å². The summed E-state index contributed by atoms with van der Waals surface area (Å²) >= 11 is 1.57. The van der Waals surface area contributed by atoms with Crippen molar-refractivity contribution in [3.63, 3.8) is 0 Å². The zero-order valence-electron chi connectivity index (χ0n) is 15.4. The number of nitrogens with zero attached hydrogens (tertiary/aromatic N) is 4. The first-order valence-electron chi connectivity index (χ1n) is 9.08. The van der Waals surface area contributed by atoms with E-state index in [0.717, 1.165) is 48.1 Å². The van der Waals surface area contributed by atoms with E-state index in [4.69, 9.17) is 4.74 Å². The molecule has 7 heteroatoms. The lowest BCUT2D eigenvalue weighted by atomic mass is 10.0. The zero-order chi connectivity index (χ0) is 18.3. The van der Waals surface area contributed by atoms with Gasteiger partial charge in [-0.05, 0) is 43.2 Å². The average Bonchev–Trinajstić information content (AvgIpc) is 3.31. The van der Waals surface area contributed by atoms with Gasteiger partial charge < -0.3 is 14.2 Å². The van der Waals surface area contributed by atoms with Crippen molar-refractivity contribution in [3.8, 4) is 5.75 Å². The predicted octanol–water partition coefficient (Wildman–Crippen LogP) is 2.77. The van der Waals surface area contributed by atoms with E-state index in [1.807, 2.05) is 34.9 Å². The maximum atomic E-state index is 13.0. The van der Waals surface area contributed by atoms with Crippen molar-refractivity contribution in [2.45, 2.75) is 49.9 Å². The van der Waals surface area contributed by atoms with Crippen LogP contribution in [0.3, 0.4) is 0 Å². The third kappa shape index (κ3) is 3.09. The van der Waals surface area contributed by atoms with E-state index >= 15 is 0 Å². The van der Waals surface area contributed by atoms with Crippen molar-refractivity contribution in [2.75, 3.05) is 12.8 Å². The van der Waals surface area contributed by atoms with Gasteiger partial charge in [-0.15, -0.1) is 10.2 Å². The molecule has 0 radical (unpaired) electrons. The molecule has 2 aliphatic heterocycles. The Hall–Kier alpha value is -2.02. The van der Waals surface area contributed by atoms with Crippen molar-refractivity contribution >= 4 is 17.7 Å². The summed E-state index contributed by atoms with van der Waals surface area (Å²) in [6.45, 7) is 2.86. The normalized spacial score (nSPS) is 21.7. The highest BCUT2D eigenvalue weighted by Gasteiger charge is 2.33. The Balaban J connectivity index is 1.50. The molecule has 138 valence electrons. The van der Waals surface area contributed by atoms with E-state index in [1.54, 1.807) is 11.8 Å². The summed E-state index contributed by atoms with van der Waals surface area (Å²) in [6.07, 6.45) is 5.50.